The zero-order valence-corrected chi connectivity index (χ0v) is 19.2. The molecule has 0 radical (unpaired) electrons. The first-order valence-electron chi connectivity index (χ1n) is 10.4. The van der Waals surface area contributed by atoms with Gasteiger partial charge in [-0.1, -0.05) is 6.07 Å². The largest absolute Gasteiger partial charge is 0.467 e. The van der Waals surface area contributed by atoms with Crippen molar-refractivity contribution in [2.24, 2.45) is 5.10 Å². The van der Waals surface area contributed by atoms with Crippen LogP contribution in [-0.2, 0) is 14.3 Å². The van der Waals surface area contributed by atoms with Crippen molar-refractivity contribution in [1.29, 1.82) is 0 Å². The summed E-state index contributed by atoms with van der Waals surface area (Å²) in [5, 5.41) is 7.73. The summed E-state index contributed by atoms with van der Waals surface area (Å²) in [7, 11) is 0. The van der Waals surface area contributed by atoms with Crippen molar-refractivity contribution < 1.29 is 28.3 Å². The third-order valence-electron chi connectivity index (χ3n) is 5.29. The molecule has 9 nitrogen and oxygen atoms in total. The number of aromatic amines is 1. The molecule has 3 aromatic heterocycles. The van der Waals surface area contributed by atoms with Gasteiger partial charge in [-0.25, -0.2) is 14.6 Å². The van der Waals surface area contributed by atoms with Gasteiger partial charge in [-0.3, -0.25) is 4.79 Å². The van der Waals surface area contributed by atoms with Crippen molar-refractivity contribution in [2.45, 2.75) is 33.2 Å². The van der Waals surface area contributed by atoms with Crippen LogP contribution in [-0.4, -0.2) is 46.8 Å². The number of carbonyl (C=O) groups is 3. The number of ether oxygens (including phenoxy) is 2. The van der Waals surface area contributed by atoms with Gasteiger partial charge in [0, 0.05) is 12.1 Å². The first-order chi connectivity index (χ1) is 15.9. The molecule has 1 amide bonds. The number of rotatable bonds is 7. The van der Waals surface area contributed by atoms with Gasteiger partial charge in [-0.15, -0.1) is 11.3 Å². The molecule has 0 aromatic carbocycles. The number of aromatic nitrogens is 1. The fraction of sp³-hybridized carbons (Fsp3) is 0.304. The van der Waals surface area contributed by atoms with Crippen LogP contribution in [0, 0.1) is 13.8 Å². The number of H-pyrrole nitrogens is 1. The van der Waals surface area contributed by atoms with E-state index in [4.69, 9.17) is 13.9 Å². The zero-order chi connectivity index (χ0) is 23.5. The van der Waals surface area contributed by atoms with Crippen molar-refractivity contribution in [2.75, 3.05) is 13.2 Å². The van der Waals surface area contributed by atoms with Crippen molar-refractivity contribution in [3.05, 3.63) is 69.1 Å². The molecule has 0 bridgehead atoms. The first kappa shape index (κ1) is 22.5. The molecule has 0 saturated heterocycles. The van der Waals surface area contributed by atoms with Crippen LogP contribution in [0.4, 0.5) is 0 Å². The van der Waals surface area contributed by atoms with Crippen LogP contribution in [0.15, 0.2) is 45.4 Å². The van der Waals surface area contributed by atoms with Crippen LogP contribution in [0.25, 0.3) is 0 Å². The minimum absolute atomic E-state index is 0.107. The normalized spacial score (nSPS) is 15.4. The summed E-state index contributed by atoms with van der Waals surface area (Å²) in [5.74, 6) is -1.15. The third-order valence-corrected chi connectivity index (χ3v) is 6.21. The topological polar surface area (TPSA) is 114 Å². The summed E-state index contributed by atoms with van der Waals surface area (Å²) in [5.41, 5.74) is 2.07. The summed E-state index contributed by atoms with van der Waals surface area (Å²) in [4.78, 5) is 41.6. The molecular formula is C23H23N3O6S. The minimum Gasteiger partial charge on any atom is -0.467 e. The molecule has 1 unspecified atom stereocenters. The Balaban J connectivity index is 1.49. The maximum Gasteiger partial charge on any atom is 0.355 e. The lowest BCUT2D eigenvalue weighted by atomic mass is 10.1. The standard InChI is InChI=1S/C23H23N3O6S/c1-4-30-22(28)20-13(2)21(24-14(20)3)23(29)32-12-19(27)26-16(17-7-5-9-31-17)11-15(25-26)18-8-6-10-33-18/h5-10,16,24H,4,11-12H2,1-3H3. The molecule has 33 heavy (non-hydrogen) atoms. The van der Waals surface area contributed by atoms with E-state index in [1.54, 1.807) is 39.2 Å². The summed E-state index contributed by atoms with van der Waals surface area (Å²) in [6, 6.07) is 6.97. The van der Waals surface area contributed by atoms with Crippen LogP contribution < -0.4 is 0 Å². The van der Waals surface area contributed by atoms with Crippen molar-refractivity contribution >= 4 is 34.9 Å². The Kier molecular flexibility index (Phi) is 6.45. The first-order valence-corrected chi connectivity index (χ1v) is 11.3. The van der Waals surface area contributed by atoms with E-state index >= 15 is 0 Å². The Hall–Kier alpha value is -3.66. The quantitative estimate of drug-likeness (QED) is 0.523. The Labute approximate surface area is 194 Å². The fourth-order valence-corrected chi connectivity index (χ4v) is 4.48. The molecule has 0 spiro atoms. The van der Waals surface area contributed by atoms with Crippen molar-refractivity contribution in [3.8, 4) is 0 Å². The van der Waals surface area contributed by atoms with E-state index in [2.05, 4.69) is 10.1 Å². The zero-order valence-electron chi connectivity index (χ0n) is 18.4. The van der Waals surface area contributed by atoms with Gasteiger partial charge < -0.3 is 18.9 Å². The van der Waals surface area contributed by atoms with Gasteiger partial charge in [0.15, 0.2) is 6.61 Å². The smallest absolute Gasteiger partial charge is 0.355 e. The number of carbonyl (C=O) groups excluding carboxylic acids is 3. The number of aryl methyl sites for hydroxylation is 1. The predicted octanol–water partition coefficient (Wildman–Crippen LogP) is 4.00. The molecule has 0 saturated carbocycles. The lowest BCUT2D eigenvalue weighted by Crippen LogP contribution is -2.31. The molecule has 1 aliphatic heterocycles. The molecular weight excluding hydrogens is 446 g/mol. The van der Waals surface area contributed by atoms with E-state index in [0.29, 0.717) is 23.4 Å². The molecule has 172 valence electrons. The number of nitrogens with zero attached hydrogens (tertiary/aromatic N) is 2. The van der Waals surface area contributed by atoms with E-state index in [-0.39, 0.29) is 17.9 Å². The molecule has 1 aliphatic rings. The van der Waals surface area contributed by atoms with Gasteiger partial charge in [0.2, 0.25) is 0 Å². The van der Waals surface area contributed by atoms with Gasteiger partial charge in [-0.2, -0.15) is 5.10 Å². The average molecular weight is 470 g/mol. The molecule has 3 aromatic rings. The number of amides is 1. The van der Waals surface area contributed by atoms with Crippen LogP contribution >= 0.6 is 11.3 Å². The van der Waals surface area contributed by atoms with Crippen molar-refractivity contribution in [1.82, 2.24) is 9.99 Å². The average Bonchev–Trinajstić information content (AvgIpc) is 3.58. The van der Waals surface area contributed by atoms with E-state index in [1.807, 2.05) is 17.5 Å². The summed E-state index contributed by atoms with van der Waals surface area (Å²) in [6.07, 6.45) is 2.03. The molecule has 0 fully saturated rings. The Morgan fingerprint density at radius 2 is 2.03 bits per heavy atom. The van der Waals surface area contributed by atoms with Crippen molar-refractivity contribution in [3.63, 3.8) is 0 Å². The maximum absolute atomic E-state index is 13.0. The highest BCUT2D eigenvalue weighted by Gasteiger charge is 2.36. The van der Waals surface area contributed by atoms with Crippen LogP contribution in [0.3, 0.4) is 0 Å². The monoisotopic (exact) mass is 469 g/mol. The molecule has 1 N–H and O–H groups in total. The molecule has 1 atom stereocenters. The second kappa shape index (κ2) is 9.45. The Morgan fingerprint density at radius 1 is 1.21 bits per heavy atom. The highest BCUT2D eigenvalue weighted by Crippen LogP contribution is 2.34. The van der Waals surface area contributed by atoms with E-state index in [0.717, 1.165) is 10.6 Å². The summed E-state index contributed by atoms with van der Waals surface area (Å²) < 4.78 is 15.8. The number of nitrogens with one attached hydrogen (secondary N) is 1. The molecule has 4 heterocycles. The van der Waals surface area contributed by atoms with Gasteiger partial charge in [0.05, 0.1) is 29.0 Å². The maximum atomic E-state index is 13.0. The molecule has 10 heteroatoms. The van der Waals surface area contributed by atoms with E-state index < -0.39 is 30.5 Å². The second-order valence-electron chi connectivity index (χ2n) is 7.42. The SMILES string of the molecule is CCOC(=O)c1c(C)[nH]c(C(=O)OCC(=O)N2N=C(c3cccs3)CC2c2ccco2)c1C. The summed E-state index contributed by atoms with van der Waals surface area (Å²) in [6.45, 7) is 4.71. The number of hydrazone groups is 1. The number of thiophene rings is 1. The van der Waals surface area contributed by atoms with Crippen LogP contribution in [0.5, 0.6) is 0 Å². The Morgan fingerprint density at radius 3 is 2.70 bits per heavy atom. The van der Waals surface area contributed by atoms with Crippen LogP contribution in [0.1, 0.15) is 62.1 Å². The second-order valence-corrected chi connectivity index (χ2v) is 8.37. The predicted molar refractivity (Wildman–Crippen MR) is 120 cm³/mol. The lowest BCUT2D eigenvalue weighted by molar-refractivity contribution is -0.136. The van der Waals surface area contributed by atoms with E-state index in [9.17, 15) is 14.4 Å². The molecule has 0 aliphatic carbocycles. The summed E-state index contributed by atoms with van der Waals surface area (Å²) >= 11 is 1.53. The Bertz CT molecular complexity index is 1190. The number of esters is 2. The third kappa shape index (κ3) is 4.47. The highest BCUT2D eigenvalue weighted by molar-refractivity contribution is 7.12. The fourth-order valence-electron chi connectivity index (χ4n) is 3.76. The highest BCUT2D eigenvalue weighted by atomic mass is 32.1. The van der Waals surface area contributed by atoms with Gasteiger partial charge in [-0.05, 0) is 49.9 Å². The minimum atomic E-state index is -0.740. The lowest BCUT2D eigenvalue weighted by Gasteiger charge is -2.19. The number of furan rings is 1. The number of hydrogen-bond acceptors (Lipinski definition) is 8. The van der Waals surface area contributed by atoms with Gasteiger partial charge in [0.1, 0.15) is 17.5 Å². The van der Waals surface area contributed by atoms with Gasteiger partial charge >= 0.3 is 11.9 Å². The van der Waals surface area contributed by atoms with E-state index in [1.165, 1.54) is 16.3 Å². The van der Waals surface area contributed by atoms with Crippen LogP contribution in [0.2, 0.25) is 0 Å². The number of hydrogen-bond donors (Lipinski definition) is 1. The molecule has 4 rings (SSSR count). The van der Waals surface area contributed by atoms with Gasteiger partial charge in [0.25, 0.3) is 5.91 Å².